The Morgan fingerprint density at radius 3 is 2.12 bits per heavy atom. The van der Waals surface area contributed by atoms with Crippen LogP contribution in [0.2, 0.25) is 0 Å². The molecule has 0 aromatic rings. The SMILES string of the molecule is CCCCCC(C)(CCCC)COC(C)=O. The van der Waals surface area contributed by atoms with E-state index < -0.39 is 0 Å². The molecule has 0 aliphatic heterocycles. The number of ether oxygens (including phenoxy) is 1. The molecular weight excluding hydrogens is 200 g/mol. The predicted octanol–water partition coefficient (Wildman–Crippen LogP) is 4.33. The molecule has 2 nitrogen and oxygen atoms in total. The van der Waals surface area contributed by atoms with Crippen LogP contribution in [0.4, 0.5) is 0 Å². The van der Waals surface area contributed by atoms with Crippen LogP contribution >= 0.6 is 0 Å². The zero-order valence-corrected chi connectivity index (χ0v) is 11.5. The smallest absolute Gasteiger partial charge is 0.302 e. The number of esters is 1. The van der Waals surface area contributed by atoms with Gasteiger partial charge in [-0.05, 0) is 12.8 Å². The Morgan fingerprint density at radius 2 is 1.62 bits per heavy atom. The maximum absolute atomic E-state index is 10.9. The molecule has 1 atom stereocenters. The van der Waals surface area contributed by atoms with E-state index in [4.69, 9.17) is 4.74 Å². The van der Waals surface area contributed by atoms with Crippen LogP contribution in [0.25, 0.3) is 0 Å². The molecule has 0 spiro atoms. The summed E-state index contributed by atoms with van der Waals surface area (Å²) in [4.78, 5) is 10.9. The van der Waals surface area contributed by atoms with Crippen molar-refractivity contribution in [2.75, 3.05) is 6.61 Å². The molecule has 0 aromatic carbocycles. The summed E-state index contributed by atoms with van der Waals surface area (Å²) in [7, 11) is 0. The van der Waals surface area contributed by atoms with Crippen LogP contribution in [0, 0.1) is 5.41 Å². The number of carbonyl (C=O) groups is 1. The molecule has 0 radical (unpaired) electrons. The van der Waals surface area contributed by atoms with Crippen molar-refractivity contribution in [1.29, 1.82) is 0 Å². The van der Waals surface area contributed by atoms with Crippen molar-refractivity contribution in [3.8, 4) is 0 Å². The highest BCUT2D eigenvalue weighted by Gasteiger charge is 2.24. The van der Waals surface area contributed by atoms with Crippen LogP contribution in [0.3, 0.4) is 0 Å². The van der Waals surface area contributed by atoms with Crippen LogP contribution < -0.4 is 0 Å². The Labute approximate surface area is 101 Å². The number of unbranched alkanes of at least 4 members (excludes halogenated alkanes) is 3. The van der Waals surface area contributed by atoms with Gasteiger partial charge in [0.2, 0.25) is 0 Å². The largest absolute Gasteiger partial charge is 0.465 e. The predicted molar refractivity (Wildman–Crippen MR) is 68.4 cm³/mol. The summed E-state index contributed by atoms with van der Waals surface area (Å²) >= 11 is 0. The Balaban J connectivity index is 4.06. The van der Waals surface area contributed by atoms with E-state index in [1.165, 1.54) is 51.9 Å². The van der Waals surface area contributed by atoms with E-state index in [1.807, 2.05) is 0 Å². The van der Waals surface area contributed by atoms with Gasteiger partial charge in [0.25, 0.3) is 0 Å². The summed E-state index contributed by atoms with van der Waals surface area (Å²) in [5, 5.41) is 0. The fourth-order valence-electron chi connectivity index (χ4n) is 1.95. The Morgan fingerprint density at radius 1 is 1.06 bits per heavy atom. The summed E-state index contributed by atoms with van der Waals surface area (Å²) in [6.07, 6.45) is 8.55. The van der Waals surface area contributed by atoms with E-state index in [0.29, 0.717) is 6.61 Å². The Kier molecular flexibility index (Phi) is 8.32. The number of rotatable bonds is 9. The van der Waals surface area contributed by atoms with E-state index in [2.05, 4.69) is 20.8 Å². The summed E-state index contributed by atoms with van der Waals surface area (Å²) in [6, 6.07) is 0. The standard InChI is InChI=1S/C14H28O2/c1-5-7-9-11-14(4,10-8-6-2)12-16-13(3)15/h5-12H2,1-4H3. The molecule has 0 aliphatic rings. The molecule has 96 valence electrons. The van der Waals surface area contributed by atoms with Gasteiger partial charge in [-0.1, -0.05) is 52.9 Å². The minimum absolute atomic E-state index is 0.154. The summed E-state index contributed by atoms with van der Waals surface area (Å²) < 4.78 is 5.20. The lowest BCUT2D eigenvalue weighted by Gasteiger charge is -2.29. The molecule has 0 saturated heterocycles. The first-order valence-electron chi connectivity index (χ1n) is 6.67. The quantitative estimate of drug-likeness (QED) is 0.434. The zero-order chi connectivity index (χ0) is 12.4. The fraction of sp³-hybridized carbons (Fsp3) is 0.929. The summed E-state index contributed by atoms with van der Waals surface area (Å²) in [5.41, 5.74) is 0.191. The van der Waals surface area contributed by atoms with Crippen molar-refractivity contribution in [2.24, 2.45) is 5.41 Å². The molecule has 0 saturated carbocycles. The summed E-state index contributed by atoms with van der Waals surface area (Å²) in [6.45, 7) is 8.76. The molecule has 0 rings (SSSR count). The molecule has 0 amide bonds. The van der Waals surface area contributed by atoms with Crippen molar-refractivity contribution >= 4 is 5.97 Å². The van der Waals surface area contributed by atoms with Crippen molar-refractivity contribution in [3.63, 3.8) is 0 Å². The van der Waals surface area contributed by atoms with Gasteiger partial charge in [0.05, 0.1) is 6.61 Å². The van der Waals surface area contributed by atoms with Gasteiger partial charge < -0.3 is 4.74 Å². The maximum Gasteiger partial charge on any atom is 0.302 e. The second-order valence-electron chi connectivity index (χ2n) is 5.15. The Hall–Kier alpha value is -0.530. The van der Waals surface area contributed by atoms with E-state index in [0.717, 1.165) is 0 Å². The second kappa shape index (κ2) is 8.60. The third-order valence-electron chi connectivity index (χ3n) is 3.14. The average molecular weight is 228 g/mol. The lowest BCUT2D eigenvalue weighted by molar-refractivity contribution is -0.144. The lowest BCUT2D eigenvalue weighted by Crippen LogP contribution is -2.24. The van der Waals surface area contributed by atoms with Gasteiger partial charge in [0.15, 0.2) is 0 Å². The first-order chi connectivity index (χ1) is 7.54. The summed E-state index contributed by atoms with van der Waals surface area (Å²) in [5.74, 6) is -0.154. The zero-order valence-electron chi connectivity index (χ0n) is 11.5. The highest BCUT2D eigenvalue weighted by Crippen LogP contribution is 2.31. The molecule has 0 N–H and O–H groups in total. The maximum atomic E-state index is 10.9. The number of carbonyl (C=O) groups excluding carboxylic acids is 1. The van der Waals surface area contributed by atoms with Crippen molar-refractivity contribution in [1.82, 2.24) is 0 Å². The van der Waals surface area contributed by atoms with Crippen molar-refractivity contribution in [3.05, 3.63) is 0 Å². The Bertz CT molecular complexity index is 189. The minimum atomic E-state index is -0.154. The molecule has 2 heteroatoms. The van der Waals surface area contributed by atoms with Crippen LogP contribution in [0.15, 0.2) is 0 Å². The molecule has 0 aliphatic carbocycles. The molecule has 16 heavy (non-hydrogen) atoms. The average Bonchev–Trinajstić information content (AvgIpc) is 2.24. The molecular formula is C14H28O2. The normalized spacial score (nSPS) is 14.5. The molecule has 0 heterocycles. The third-order valence-corrected chi connectivity index (χ3v) is 3.14. The number of hydrogen-bond donors (Lipinski definition) is 0. The van der Waals surface area contributed by atoms with Gasteiger partial charge in [-0.3, -0.25) is 4.79 Å². The van der Waals surface area contributed by atoms with Crippen LogP contribution in [-0.2, 0) is 9.53 Å². The van der Waals surface area contributed by atoms with Gasteiger partial charge in [-0.2, -0.15) is 0 Å². The van der Waals surface area contributed by atoms with Crippen molar-refractivity contribution < 1.29 is 9.53 Å². The fourth-order valence-corrected chi connectivity index (χ4v) is 1.95. The van der Waals surface area contributed by atoms with Gasteiger partial charge in [0, 0.05) is 12.3 Å². The third kappa shape index (κ3) is 7.72. The van der Waals surface area contributed by atoms with Gasteiger partial charge in [0.1, 0.15) is 0 Å². The van der Waals surface area contributed by atoms with Crippen molar-refractivity contribution in [2.45, 2.75) is 72.6 Å². The first kappa shape index (κ1) is 15.5. The minimum Gasteiger partial charge on any atom is -0.465 e. The molecule has 0 aromatic heterocycles. The first-order valence-corrected chi connectivity index (χ1v) is 6.67. The van der Waals surface area contributed by atoms with Gasteiger partial charge >= 0.3 is 5.97 Å². The van der Waals surface area contributed by atoms with E-state index in [9.17, 15) is 4.79 Å². The van der Waals surface area contributed by atoms with E-state index in [-0.39, 0.29) is 11.4 Å². The monoisotopic (exact) mass is 228 g/mol. The van der Waals surface area contributed by atoms with Crippen LogP contribution in [0.5, 0.6) is 0 Å². The second-order valence-corrected chi connectivity index (χ2v) is 5.15. The topological polar surface area (TPSA) is 26.3 Å². The van der Waals surface area contributed by atoms with E-state index in [1.54, 1.807) is 0 Å². The molecule has 1 unspecified atom stereocenters. The lowest BCUT2D eigenvalue weighted by atomic mass is 9.81. The van der Waals surface area contributed by atoms with Gasteiger partial charge in [-0.25, -0.2) is 0 Å². The highest BCUT2D eigenvalue weighted by atomic mass is 16.5. The van der Waals surface area contributed by atoms with E-state index >= 15 is 0 Å². The van der Waals surface area contributed by atoms with Gasteiger partial charge in [-0.15, -0.1) is 0 Å². The molecule has 0 fully saturated rings. The number of hydrogen-bond acceptors (Lipinski definition) is 2. The van der Waals surface area contributed by atoms with Crippen LogP contribution in [0.1, 0.15) is 72.6 Å². The van der Waals surface area contributed by atoms with Crippen LogP contribution in [-0.4, -0.2) is 12.6 Å². The highest BCUT2D eigenvalue weighted by molar-refractivity contribution is 5.65. The molecule has 0 bridgehead atoms.